The van der Waals surface area contributed by atoms with Crippen LogP contribution in [0.25, 0.3) is 0 Å². The standard InChI is InChI=1S/C16H25NO3/c1-16(2,3)11-17(4)10-13(18)12-5-6-14-15(9-12)20-8-7-19-14/h5-6,9,13,18H,7-8,10-11H2,1-4H3. The summed E-state index contributed by atoms with van der Waals surface area (Å²) in [6.07, 6.45) is -0.516. The minimum Gasteiger partial charge on any atom is -0.486 e. The first kappa shape index (κ1) is 15.1. The summed E-state index contributed by atoms with van der Waals surface area (Å²) in [6, 6.07) is 5.66. The monoisotopic (exact) mass is 279 g/mol. The number of nitrogens with zero attached hydrogens (tertiary/aromatic N) is 1. The lowest BCUT2D eigenvalue weighted by Crippen LogP contribution is -2.32. The van der Waals surface area contributed by atoms with Gasteiger partial charge in [-0.25, -0.2) is 0 Å². The highest BCUT2D eigenvalue weighted by Crippen LogP contribution is 2.32. The fraction of sp³-hybridized carbons (Fsp3) is 0.625. The maximum absolute atomic E-state index is 10.4. The Morgan fingerprint density at radius 2 is 1.85 bits per heavy atom. The largest absolute Gasteiger partial charge is 0.486 e. The Bertz CT molecular complexity index is 454. The molecule has 1 atom stereocenters. The van der Waals surface area contributed by atoms with Crippen molar-refractivity contribution in [1.29, 1.82) is 0 Å². The second-order valence-corrected chi connectivity index (χ2v) is 6.68. The highest BCUT2D eigenvalue weighted by Gasteiger charge is 2.19. The number of ether oxygens (including phenoxy) is 2. The molecule has 1 aliphatic heterocycles. The van der Waals surface area contributed by atoms with Crippen LogP contribution in [0.2, 0.25) is 0 Å². The van der Waals surface area contributed by atoms with Crippen molar-refractivity contribution >= 4 is 0 Å². The quantitative estimate of drug-likeness (QED) is 0.919. The molecule has 20 heavy (non-hydrogen) atoms. The molecule has 0 fully saturated rings. The number of hydrogen-bond donors (Lipinski definition) is 1. The van der Waals surface area contributed by atoms with Gasteiger partial charge in [0.1, 0.15) is 13.2 Å². The van der Waals surface area contributed by atoms with Gasteiger partial charge < -0.3 is 19.5 Å². The number of likely N-dealkylation sites (N-methyl/N-ethyl adjacent to an activating group) is 1. The summed E-state index contributed by atoms with van der Waals surface area (Å²) in [7, 11) is 2.03. The first-order valence-electron chi connectivity index (χ1n) is 7.11. The van der Waals surface area contributed by atoms with Crippen molar-refractivity contribution in [3.63, 3.8) is 0 Å². The van der Waals surface area contributed by atoms with Gasteiger partial charge in [-0.15, -0.1) is 0 Å². The molecule has 1 aromatic carbocycles. The van der Waals surface area contributed by atoms with Crippen molar-refractivity contribution < 1.29 is 14.6 Å². The van der Waals surface area contributed by atoms with Crippen molar-refractivity contribution in [1.82, 2.24) is 4.90 Å². The molecule has 4 heteroatoms. The zero-order chi connectivity index (χ0) is 14.8. The SMILES string of the molecule is CN(CC(O)c1ccc2c(c1)OCCO2)CC(C)(C)C. The minimum atomic E-state index is -0.516. The Kier molecular flexibility index (Phi) is 4.55. The van der Waals surface area contributed by atoms with Crippen LogP contribution < -0.4 is 9.47 Å². The third-order valence-electron chi connectivity index (χ3n) is 3.18. The van der Waals surface area contributed by atoms with Crippen molar-refractivity contribution in [2.75, 3.05) is 33.4 Å². The van der Waals surface area contributed by atoms with Crippen LogP contribution in [-0.2, 0) is 0 Å². The van der Waals surface area contributed by atoms with Gasteiger partial charge in [0.25, 0.3) is 0 Å². The van der Waals surface area contributed by atoms with E-state index in [1.165, 1.54) is 0 Å². The van der Waals surface area contributed by atoms with Crippen molar-refractivity contribution in [3.05, 3.63) is 23.8 Å². The molecule has 1 aromatic rings. The van der Waals surface area contributed by atoms with Crippen molar-refractivity contribution in [2.24, 2.45) is 5.41 Å². The summed E-state index contributed by atoms with van der Waals surface area (Å²) in [6.45, 7) is 9.28. The van der Waals surface area contributed by atoms with Gasteiger partial charge in [0.05, 0.1) is 6.10 Å². The number of benzene rings is 1. The Morgan fingerprint density at radius 1 is 1.20 bits per heavy atom. The van der Waals surface area contributed by atoms with Gasteiger partial charge >= 0.3 is 0 Å². The van der Waals surface area contributed by atoms with Crippen LogP contribution in [0.3, 0.4) is 0 Å². The Balaban J connectivity index is 2.00. The van der Waals surface area contributed by atoms with Gasteiger partial charge in [-0.05, 0) is 30.2 Å². The van der Waals surface area contributed by atoms with Gasteiger partial charge in [0.2, 0.25) is 0 Å². The fourth-order valence-electron chi connectivity index (χ4n) is 2.54. The van der Waals surface area contributed by atoms with Gasteiger partial charge in [-0.2, -0.15) is 0 Å². The molecule has 0 saturated heterocycles. The summed E-state index contributed by atoms with van der Waals surface area (Å²) in [5.41, 5.74) is 1.09. The van der Waals surface area contributed by atoms with E-state index in [-0.39, 0.29) is 5.41 Å². The Labute approximate surface area is 121 Å². The van der Waals surface area contributed by atoms with Gasteiger partial charge in [0, 0.05) is 13.1 Å². The molecule has 1 heterocycles. The van der Waals surface area contributed by atoms with Gasteiger partial charge in [-0.1, -0.05) is 26.8 Å². The molecular formula is C16H25NO3. The summed E-state index contributed by atoms with van der Waals surface area (Å²) in [5.74, 6) is 1.49. The highest BCUT2D eigenvalue weighted by atomic mass is 16.6. The molecule has 0 aromatic heterocycles. The summed E-state index contributed by atoms with van der Waals surface area (Å²) < 4.78 is 11.0. The zero-order valence-corrected chi connectivity index (χ0v) is 12.8. The average Bonchev–Trinajstić information content (AvgIpc) is 2.35. The molecule has 0 saturated carbocycles. The van der Waals surface area contributed by atoms with Crippen LogP contribution in [-0.4, -0.2) is 43.4 Å². The maximum Gasteiger partial charge on any atom is 0.161 e. The number of aliphatic hydroxyl groups is 1. The molecule has 4 nitrogen and oxygen atoms in total. The minimum absolute atomic E-state index is 0.223. The second-order valence-electron chi connectivity index (χ2n) is 6.68. The average molecular weight is 279 g/mol. The molecule has 0 spiro atoms. The van der Waals surface area contributed by atoms with E-state index in [9.17, 15) is 5.11 Å². The van der Waals surface area contributed by atoms with E-state index in [1.54, 1.807) is 0 Å². The first-order chi connectivity index (χ1) is 9.35. The number of fused-ring (bicyclic) bond motifs is 1. The zero-order valence-electron chi connectivity index (χ0n) is 12.8. The van der Waals surface area contributed by atoms with E-state index in [0.29, 0.717) is 19.8 Å². The van der Waals surface area contributed by atoms with E-state index >= 15 is 0 Å². The third-order valence-corrected chi connectivity index (χ3v) is 3.18. The molecule has 2 rings (SSSR count). The molecule has 0 bridgehead atoms. The van der Waals surface area contributed by atoms with Crippen molar-refractivity contribution in [2.45, 2.75) is 26.9 Å². The summed E-state index contributed by atoms with van der Waals surface area (Å²) >= 11 is 0. The lowest BCUT2D eigenvalue weighted by atomic mass is 9.96. The predicted octanol–water partition coefficient (Wildman–Crippen LogP) is 2.47. The molecule has 1 unspecified atom stereocenters. The summed E-state index contributed by atoms with van der Waals surface area (Å²) in [5, 5.41) is 10.4. The predicted molar refractivity (Wildman–Crippen MR) is 79.3 cm³/mol. The fourth-order valence-corrected chi connectivity index (χ4v) is 2.54. The number of hydrogen-bond acceptors (Lipinski definition) is 4. The second kappa shape index (κ2) is 6.02. The smallest absolute Gasteiger partial charge is 0.161 e. The third kappa shape index (κ3) is 4.12. The van der Waals surface area contributed by atoms with Crippen LogP contribution in [0, 0.1) is 5.41 Å². The molecular weight excluding hydrogens is 254 g/mol. The van der Waals surface area contributed by atoms with E-state index < -0.39 is 6.10 Å². The molecule has 0 aliphatic carbocycles. The van der Waals surface area contributed by atoms with Crippen LogP contribution >= 0.6 is 0 Å². The maximum atomic E-state index is 10.4. The Hall–Kier alpha value is -1.26. The molecule has 1 N–H and O–H groups in total. The summed E-state index contributed by atoms with van der Waals surface area (Å²) in [4.78, 5) is 2.15. The van der Waals surface area contributed by atoms with E-state index in [4.69, 9.17) is 9.47 Å². The molecule has 0 radical (unpaired) electrons. The van der Waals surface area contributed by atoms with E-state index in [0.717, 1.165) is 23.6 Å². The van der Waals surface area contributed by atoms with Crippen LogP contribution in [0.15, 0.2) is 18.2 Å². The van der Waals surface area contributed by atoms with Crippen molar-refractivity contribution in [3.8, 4) is 11.5 Å². The number of aliphatic hydroxyl groups excluding tert-OH is 1. The van der Waals surface area contributed by atoms with E-state index in [1.807, 2.05) is 25.2 Å². The molecule has 1 aliphatic rings. The molecule has 0 amide bonds. The lowest BCUT2D eigenvalue weighted by Gasteiger charge is -2.28. The van der Waals surface area contributed by atoms with Crippen LogP contribution in [0.1, 0.15) is 32.4 Å². The van der Waals surface area contributed by atoms with Gasteiger partial charge in [-0.3, -0.25) is 0 Å². The normalized spacial score (nSPS) is 16.3. The topological polar surface area (TPSA) is 41.9 Å². The lowest BCUT2D eigenvalue weighted by molar-refractivity contribution is 0.107. The molecule has 112 valence electrons. The van der Waals surface area contributed by atoms with Crippen LogP contribution in [0.5, 0.6) is 11.5 Å². The van der Waals surface area contributed by atoms with Crippen LogP contribution in [0.4, 0.5) is 0 Å². The Morgan fingerprint density at radius 3 is 2.50 bits per heavy atom. The van der Waals surface area contributed by atoms with Gasteiger partial charge in [0.15, 0.2) is 11.5 Å². The highest BCUT2D eigenvalue weighted by molar-refractivity contribution is 5.44. The van der Waals surface area contributed by atoms with E-state index in [2.05, 4.69) is 25.7 Å². The number of rotatable bonds is 4. The first-order valence-corrected chi connectivity index (χ1v) is 7.11.